The monoisotopic (exact) mass is 211 g/mol. The molecule has 1 aromatic carbocycles. The zero-order valence-corrected chi connectivity index (χ0v) is 9.60. The Labute approximate surface area is 96.1 Å². The molecule has 0 N–H and O–H groups in total. The molecule has 0 atom stereocenters. The third-order valence-corrected chi connectivity index (χ3v) is 2.32. The molecule has 0 unspecified atom stereocenters. The molecule has 0 amide bonds. The Morgan fingerprint density at radius 3 is 2.38 bits per heavy atom. The highest BCUT2D eigenvalue weighted by Gasteiger charge is 2.06. The lowest BCUT2D eigenvalue weighted by Gasteiger charge is -1.90. The van der Waals surface area contributed by atoms with Gasteiger partial charge >= 0.3 is 11.5 Å². The quantitative estimate of drug-likeness (QED) is 0.672. The molecule has 0 bridgehead atoms. The van der Waals surface area contributed by atoms with Gasteiger partial charge in [-0.15, -0.1) is 0 Å². The zero-order chi connectivity index (χ0) is 11.4. The van der Waals surface area contributed by atoms with E-state index in [9.17, 15) is 0 Å². The molecule has 1 heteroatoms. The summed E-state index contributed by atoms with van der Waals surface area (Å²) in [5.74, 6) is 1.83. The van der Waals surface area contributed by atoms with Crippen LogP contribution in [0.25, 0.3) is 12.2 Å². The van der Waals surface area contributed by atoms with Gasteiger partial charge in [0.15, 0.2) is 0 Å². The summed E-state index contributed by atoms with van der Waals surface area (Å²) in [5, 5.41) is 0. The van der Waals surface area contributed by atoms with Gasteiger partial charge < -0.3 is 0 Å². The first kappa shape index (κ1) is 10.6. The van der Waals surface area contributed by atoms with Crippen LogP contribution in [0.15, 0.2) is 46.9 Å². The van der Waals surface area contributed by atoms with Crippen molar-refractivity contribution in [2.75, 3.05) is 0 Å². The van der Waals surface area contributed by atoms with Gasteiger partial charge in [-0.2, -0.15) is 0 Å². The van der Waals surface area contributed by atoms with Gasteiger partial charge in [-0.1, -0.05) is 30.3 Å². The van der Waals surface area contributed by atoms with E-state index in [1.54, 1.807) is 0 Å². The minimum Gasteiger partial charge on any atom is -0.213 e. The third-order valence-electron chi connectivity index (χ3n) is 2.32. The lowest BCUT2D eigenvalue weighted by atomic mass is 10.2. The number of rotatable bonds is 2. The lowest BCUT2D eigenvalue weighted by molar-refractivity contribution is 0.506. The topological polar surface area (TPSA) is 11.3 Å². The Morgan fingerprint density at radius 1 is 0.938 bits per heavy atom. The molecule has 1 heterocycles. The average Bonchev–Trinajstić information content (AvgIpc) is 2.27. The summed E-state index contributed by atoms with van der Waals surface area (Å²) in [4.78, 5) is 0. The first-order valence-electron chi connectivity index (χ1n) is 5.38. The van der Waals surface area contributed by atoms with E-state index in [2.05, 4.69) is 25.1 Å². The number of hydrogen-bond acceptors (Lipinski definition) is 0. The van der Waals surface area contributed by atoms with Crippen LogP contribution >= 0.6 is 0 Å². The Hall–Kier alpha value is -1.89. The Balaban J connectivity index is 2.24. The van der Waals surface area contributed by atoms with Gasteiger partial charge in [0.1, 0.15) is 0 Å². The van der Waals surface area contributed by atoms with Crippen LogP contribution < -0.4 is 0 Å². The van der Waals surface area contributed by atoms with Gasteiger partial charge in [0.25, 0.3) is 0 Å². The van der Waals surface area contributed by atoms with E-state index in [4.69, 9.17) is 4.42 Å². The SMILES string of the molecule is Cc1cc(C)[o+]c(/C=C\c2ccccc2)c1. The van der Waals surface area contributed by atoms with E-state index < -0.39 is 0 Å². The van der Waals surface area contributed by atoms with E-state index >= 15 is 0 Å². The van der Waals surface area contributed by atoms with Crippen molar-refractivity contribution in [3.05, 3.63) is 65.1 Å². The fourth-order valence-corrected chi connectivity index (χ4v) is 1.66. The minimum absolute atomic E-state index is 0.890. The van der Waals surface area contributed by atoms with Gasteiger partial charge in [0.05, 0.1) is 6.92 Å². The van der Waals surface area contributed by atoms with E-state index in [1.807, 2.05) is 43.3 Å². The van der Waals surface area contributed by atoms with Gasteiger partial charge in [-0.25, -0.2) is 4.42 Å². The normalized spacial score (nSPS) is 10.9. The predicted molar refractivity (Wildman–Crippen MR) is 68.0 cm³/mol. The number of hydrogen-bond donors (Lipinski definition) is 0. The predicted octanol–water partition coefficient (Wildman–Crippen LogP) is 4.35. The Bertz CT molecular complexity index is 478. The fourth-order valence-electron chi connectivity index (χ4n) is 1.66. The molecule has 0 aliphatic rings. The molecule has 16 heavy (non-hydrogen) atoms. The fraction of sp³-hybridized carbons (Fsp3) is 0.133. The molecule has 0 aliphatic heterocycles. The van der Waals surface area contributed by atoms with Crippen LogP contribution in [0.1, 0.15) is 22.6 Å². The largest absolute Gasteiger partial charge is 0.353 e. The number of aryl methyl sites for hydroxylation is 2. The van der Waals surface area contributed by atoms with Crippen LogP contribution in [0.2, 0.25) is 0 Å². The van der Waals surface area contributed by atoms with Crippen LogP contribution in [0.5, 0.6) is 0 Å². The van der Waals surface area contributed by atoms with Crippen molar-refractivity contribution in [1.82, 2.24) is 0 Å². The zero-order valence-electron chi connectivity index (χ0n) is 9.60. The molecular weight excluding hydrogens is 196 g/mol. The van der Waals surface area contributed by atoms with Gasteiger partial charge in [-0.05, 0) is 24.1 Å². The summed E-state index contributed by atoms with van der Waals surface area (Å²) in [6.45, 7) is 4.04. The molecule has 1 aromatic heterocycles. The maximum atomic E-state index is 5.59. The van der Waals surface area contributed by atoms with Crippen LogP contribution in [0.3, 0.4) is 0 Å². The van der Waals surface area contributed by atoms with E-state index in [0.717, 1.165) is 11.5 Å². The second-order valence-electron chi connectivity index (χ2n) is 3.89. The van der Waals surface area contributed by atoms with Gasteiger partial charge in [0, 0.05) is 18.2 Å². The van der Waals surface area contributed by atoms with E-state index in [0.29, 0.717) is 0 Å². The second kappa shape index (κ2) is 4.75. The molecule has 2 rings (SSSR count). The highest BCUT2D eigenvalue weighted by Crippen LogP contribution is 2.12. The third kappa shape index (κ3) is 2.80. The van der Waals surface area contributed by atoms with Crippen molar-refractivity contribution in [3.63, 3.8) is 0 Å². The molecule has 0 saturated carbocycles. The molecule has 0 fully saturated rings. The Morgan fingerprint density at radius 2 is 1.69 bits per heavy atom. The minimum atomic E-state index is 0.890. The highest BCUT2D eigenvalue weighted by molar-refractivity contribution is 5.67. The summed E-state index contributed by atoms with van der Waals surface area (Å²) in [6.07, 6.45) is 4.05. The average molecular weight is 211 g/mol. The standard InChI is InChI=1S/C15H15O/c1-12-10-13(2)16-15(11-12)9-8-14-6-4-3-5-7-14/h3-11H,1-2H3/q+1/b9-8-. The Kier molecular flexibility index (Phi) is 3.16. The molecule has 0 saturated heterocycles. The molecular formula is C15H15O+. The maximum Gasteiger partial charge on any atom is 0.353 e. The van der Waals surface area contributed by atoms with Crippen molar-refractivity contribution in [1.29, 1.82) is 0 Å². The van der Waals surface area contributed by atoms with Crippen LogP contribution in [-0.2, 0) is 0 Å². The van der Waals surface area contributed by atoms with Crippen molar-refractivity contribution in [3.8, 4) is 0 Å². The molecule has 1 nitrogen and oxygen atoms in total. The summed E-state index contributed by atoms with van der Waals surface area (Å²) in [5.41, 5.74) is 2.40. The summed E-state index contributed by atoms with van der Waals surface area (Å²) in [7, 11) is 0. The summed E-state index contributed by atoms with van der Waals surface area (Å²) < 4.78 is 5.59. The molecule has 0 radical (unpaired) electrons. The van der Waals surface area contributed by atoms with Crippen molar-refractivity contribution in [2.24, 2.45) is 0 Å². The molecule has 0 aliphatic carbocycles. The van der Waals surface area contributed by atoms with Gasteiger partial charge in [0.2, 0.25) is 0 Å². The molecule has 80 valence electrons. The van der Waals surface area contributed by atoms with Gasteiger partial charge in [-0.3, -0.25) is 0 Å². The van der Waals surface area contributed by atoms with E-state index in [1.165, 1.54) is 11.1 Å². The molecule has 2 aromatic rings. The summed E-state index contributed by atoms with van der Waals surface area (Å²) in [6, 6.07) is 14.3. The molecule has 0 spiro atoms. The van der Waals surface area contributed by atoms with Crippen LogP contribution in [0, 0.1) is 13.8 Å². The summed E-state index contributed by atoms with van der Waals surface area (Å²) >= 11 is 0. The van der Waals surface area contributed by atoms with Crippen molar-refractivity contribution in [2.45, 2.75) is 13.8 Å². The number of benzene rings is 1. The van der Waals surface area contributed by atoms with Crippen LogP contribution in [-0.4, -0.2) is 0 Å². The van der Waals surface area contributed by atoms with Crippen LogP contribution in [0.4, 0.5) is 0 Å². The highest BCUT2D eigenvalue weighted by atomic mass is 16.3. The van der Waals surface area contributed by atoms with Crippen molar-refractivity contribution >= 4 is 12.2 Å². The smallest absolute Gasteiger partial charge is 0.213 e. The lowest BCUT2D eigenvalue weighted by Crippen LogP contribution is -1.79. The second-order valence-corrected chi connectivity index (χ2v) is 3.89. The first-order chi connectivity index (χ1) is 7.74. The van der Waals surface area contributed by atoms with E-state index in [-0.39, 0.29) is 0 Å². The van der Waals surface area contributed by atoms with Crippen molar-refractivity contribution < 1.29 is 4.42 Å². The first-order valence-corrected chi connectivity index (χ1v) is 5.38. The maximum absolute atomic E-state index is 5.59.